The molecule has 0 radical (unpaired) electrons. The predicted molar refractivity (Wildman–Crippen MR) is 88.8 cm³/mol. The van der Waals surface area contributed by atoms with E-state index in [4.69, 9.17) is 14.6 Å². The largest absolute Gasteiger partial charge is 0.490 e. The van der Waals surface area contributed by atoms with Crippen molar-refractivity contribution in [3.63, 3.8) is 0 Å². The van der Waals surface area contributed by atoms with Crippen LogP contribution in [0, 0.1) is 0 Å². The summed E-state index contributed by atoms with van der Waals surface area (Å²) in [6.07, 6.45) is -3.09. The molecule has 6 nitrogen and oxygen atoms in total. The maximum absolute atomic E-state index is 11.3. The van der Waals surface area contributed by atoms with E-state index in [1.807, 2.05) is 0 Å². The van der Waals surface area contributed by atoms with Gasteiger partial charge in [0.15, 0.2) is 0 Å². The first kappa shape index (κ1) is 20.7. The summed E-state index contributed by atoms with van der Waals surface area (Å²) >= 11 is 1.75. The smallest absolute Gasteiger partial charge is 0.475 e. The van der Waals surface area contributed by atoms with Gasteiger partial charge < -0.3 is 15.2 Å². The van der Waals surface area contributed by atoms with Crippen LogP contribution in [0.2, 0.25) is 0 Å². The fourth-order valence-electron chi connectivity index (χ4n) is 3.06. The van der Waals surface area contributed by atoms with E-state index < -0.39 is 12.1 Å². The number of amides is 1. The van der Waals surface area contributed by atoms with Crippen molar-refractivity contribution in [3.05, 3.63) is 22.4 Å². The van der Waals surface area contributed by atoms with Crippen molar-refractivity contribution in [2.75, 3.05) is 19.7 Å². The first-order valence-corrected chi connectivity index (χ1v) is 9.03. The fraction of sp³-hybridized carbons (Fsp3) is 0.625. The molecule has 1 spiro atoms. The van der Waals surface area contributed by atoms with E-state index in [-0.39, 0.29) is 24.2 Å². The fourth-order valence-corrected chi connectivity index (χ4v) is 3.72. The molecule has 10 heteroatoms. The van der Waals surface area contributed by atoms with Gasteiger partial charge in [-0.05, 0) is 42.2 Å². The number of carboxylic acid groups (broad SMARTS) is 1. The highest BCUT2D eigenvalue weighted by atomic mass is 32.1. The van der Waals surface area contributed by atoms with Crippen LogP contribution in [0.4, 0.5) is 13.2 Å². The molecule has 0 bridgehead atoms. The van der Waals surface area contributed by atoms with Crippen LogP contribution in [0.1, 0.15) is 25.3 Å². The van der Waals surface area contributed by atoms with Crippen molar-refractivity contribution in [2.45, 2.75) is 44.1 Å². The number of ether oxygens (including phenoxy) is 1. The summed E-state index contributed by atoms with van der Waals surface area (Å²) in [5, 5.41) is 14.5. The molecule has 2 N–H and O–H groups in total. The number of thiophene rings is 1. The Bertz CT molecular complexity index is 614. The number of piperidine rings is 1. The molecule has 26 heavy (non-hydrogen) atoms. The van der Waals surface area contributed by atoms with E-state index in [2.05, 4.69) is 34.0 Å². The number of carbonyl (C=O) groups is 2. The van der Waals surface area contributed by atoms with Gasteiger partial charge in [0, 0.05) is 19.6 Å². The number of nitrogens with one attached hydrogen (secondary N) is 1. The van der Waals surface area contributed by atoms with Crippen LogP contribution in [0.3, 0.4) is 0 Å². The molecule has 146 valence electrons. The maximum Gasteiger partial charge on any atom is 0.490 e. The number of alkyl halides is 3. The second-order valence-corrected chi connectivity index (χ2v) is 7.13. The number of aliphatic carboxylic acids is 1. The third kappa shape index (κ3) is 5.42. The van der Waals surface area contributed by atoms with Crippen LogP contribution < -0.4 is 5.32 Å². The molecule has 2 aliphatic heterocycles. The van der Waals surface area contributed by atoms with Gasteiger partial charge in [0.1, 0.15) is 6.61 Å². The molecule has 2 aliphatic rings. The Morgan fingerprint density at radius 3 is 2.54 bits per heavy atom. The van der Waals surface area contributed by atoms with Gasteiger partial charge in [-0.25, -0.2) is 4.79 Å². The van der Waals surface area contributed by atoms with Gasteiger partial charge >= 0.3 is 12.1 Å². The molecule has 3 heterocycles. The molecule has 1 aromatic rings. The van der Waals surface area contributed by atoms with Crippen molar-refractivity contribution < 1.29 is 32.6 Å². The number of likely N-dealkylation sites (tertiary alicyclic amines) is 1. The van der Waals surface area contributed by atoms with Crippen LogP contribution in [0.15, 0.2) is 16.8 Å². The minimum Gasteiger partial charge on any atom is -0.475 e. The number of halogens is 3. The van der Waals surface area contributed by atoms with E-state index in [0.717, 1.165) is 32.5 Å². The Morgan fingerprint density at radius 2 is 2.08 bits per heavy atom. The van der Waals surface area contributed by atoms with Crippen molar-refractivity contribution >= 4 is 23.2 Å². The van der Waals surface area contributed by atoms with Crippen molar-refractivity contribution in [2.24, 2.45) is 0 Å². The summed E-state index contributed by atoms with van der Waals surface area (Å²) in [6, 6.07) is 2.31. The summed E-state index contributed by atoms with van der Waals surface area (Å²) in [5.74, 6) is -2.74. The highest BCUT2D eigenvalue weighted by Gasteiger charge is 2.44. The molecule has 0 aromatic carbocycles. The Kier molecular flexibility index (Phi) is 6.64. The standard InChI is InChI=1S/C14H20N2O2S.C2HF3O2/c1-11-14(18-9-13(17)15-11)3-5-16(6-4-14)8-12-2-7-19-10-12;3-2(4,5)1(6)7/h2,7,10-11H,3-6,8-9H2,1H3,(H,15,17);(H,6,7). The number of nitrogens with zero attached hydrogens (tertiary/aromatic N) is 1. The van der Waals surface area contributed by atoms with E-state index in [0.29, 0.717) is 0 Å². The lowest BCUT2D eigenvalue weighted by Gasteiger charge is -2.47. The molecule has 3 rings (SSSR count). The van der Waals surface area contributed by atoms with Gasteiger partial charge in [-0.3, -0.25) is 9.69 Å². The number of hydrogen-bond acceptors (Lipinski definition) is 5. The third-order valence-electron chi connectivity index (χ3n) is 4.59. The highest BCUT2D eigenvalue weighted by Crippen LogP contribution is 2.32. The zero-order valence-corrected chi connectivity index (χ0v) is 15.0. The molecule has 0 saturated carbocycles. The number of hydrogen-bond donors (Lipinski definition) is 2. The van der Waals surface area contributed by atoms with Gasteiger partial charge in [-0.2, -0.15) is 24.5 Å². The number of carboxylic acids is 1. The van der Waals surface area contributed by atoms with Gasteiger partial charge in [-0.1, -0.05) is 0 Å². The lowest BCUT2D eigenvalue weighted by molar-refractivity contribution is -0.192. The summed E-state index contributed by atoms with van der Waals surface area (Å²) in [6.45, 7) is 5.38. The first-order valence-electron chi connectivity index (χ1n) is 8.09. The van der Waals surface area contributed by atoms with E-state index in [1.165, 1.54) is 5.56 Å². The van der Waals surface area contributed by atoms with Crippen molar-refractivity contribution in [1.82, 2.24) is 10.2 Å². The maximum atomic E-state index is 11.3. The van der Waals surface area contributed by atoms with Crippen molar-refractivity contribution in [3.8, 4) is 0 Å². The Labute approximate surface area is 152 Å². The van der Waals surface area contributed by atoms with E-state index in [1.54, 1.807) is 11.3 Å². The zero-order chi connectivity index (χ0) is 19.4. The Hall–Kier alpha value is -1.65. The van der Waals surface area contributed by atoms with Crippen LogP contribution in [-0.2, 0) is 20.9 Å². The van der Waals surface area contributed by atoms with Crippen LogP contribution in [-0.4, -0.2) is 59.4 Å². The Morgan fingerprint density at radius 1 is 1.46 bits per heavy atom. The average Bonchev–Trinajstić information content (AvgIpc) is 3.06. The first-order chi connectivity index (χ1) is 12.1. The van der Waals surface area contributed by atoms with Gasteiger partial charge in [0.25, 0.3) is 0 Å². The zero-order valence-electron chi connectivity index (χ0n) is 14.2. The van der Waals surface area contributed by atoms with E-state index >= 15 is 0 Å². The summed E-state index contributed by atoms with van der Waals surface area (Å²) in [4.78, 5) is 22.7. The molecule has 1 atom stereocenters. The number of morpholine rings is 1. The molecular weight excluding hydrogens is 373 g/mol. The second-order valence-electron chi connectivity index (χ2n) is 6.35. The highest BCUT2D eigenvalue weighted by molar-refractivity contribution is 7.07. The minimum atomic E-state index is -5.08. The lowest BCUT2D eigenvalue weighted by Crippen LogP contribution is -2.62. The van der Waals surface area contributed by atoms with E-state index in [9.17, 15) is 18.0 Å². The van der Waals surface area contributed by atoms with Crippen LogP contribution in [0.25, 0.3) is 0 Å². The SMILES string of the molecule is CC1NC(=O)COC12CCN(Cc1ccsc1)CC2.O=C(O)C(F)(F)F. The van der Waals surface area contributed by atoms with Crippen LogP contribution >= 0.6 is 11.3 Å². The topological polar surface area (TPSA) is 78.9 Å². The summed E-state index contributed by atoms with van der Waals surface area (Å²) < 4.78 is 37.6. The van der Waals surface area contributed by atoms with Crippen molar-refractivity contribution in [1.29, 1.82) is 0 Å². The second kappa shape index (κ2) is 8.36. The lowest BCUT2D eigenvalue weighted by atomic mass is 9.83. The molecule has 2 saturated heterocycles. The molecule has 0 aliphatic carbocycles. The average molecular weight is 394 g/mol. The summed E-state index contributed by atoms with van der Waals surface area (Å²) in [5.41, 5.74) is 1.26. The van der Waals surface area contributed by atoms with Gasteiger partial charge in [-0.15, -0.1) is 0 Å². The van der Waals surface area contributed by atoms with Crippen LogP contribution in [0.5, 0.6) is 0 Å². The third-order valence-corrected chi connectivity index (χ3v) is 5.32. The number of rotatable bonds is 2. The predicted octanol–water partition coefficient (Wildman–Crippen LogP) is 2.25. The molecule has 1 amide bonds. The summed E-state index contributed by atoms with van der Waals surface area (Å²) in [7, 11) is 0. The quantitative estimate of drug-likeness (QED) is 0.805. The molecule has 1 aromatic heterocycles. The Balaban J connectivity index is 0.000000298. The molecule has 2 fully saturated rings. The monoisotopic (exact) mass is 394 g/mol. The number of carbonyl (C=O) groups excluding carboxylic acids is 1. The van der Waals surface area contributed by atoms with Gasteiger partial charge in [0.2, 0.25) is 5.91 Å². The van der Waals surface area contributed by atoms with Gasteiger partial charge in [0.05, 0.1) is 11.6 Å². The molecule has 1 unspecified atom stereocenters. The minimum absolute atomic E-state index is 0.0128. The molecular formula is C16H21F3N2O4S. The normalized spacial score (nSPS) is 23.1.